The van der Waals surface area contributed by atoms with Crippen molar-refractivity contribution in [2.75, 3.05) is 19.6 Å². The standard InChI is InChI=1S/C13H19N3O2S/c14-13(18)16-7-1-3-10(9-16)12(17)15-6-5-11-4-2-8-19-11/h2,4,8,10H,1,3,5-7,9H2,(H2,14,18)(H,15,17)/t10-/m0/s1. The minimum absolute atomic E-state index is 0.0301. The van der Waals surface area contributed by atoms with Gasteiger partial charge in [0.05, 0.1) is 5.92 Å². The van der Waals surface area contributed by atoms with Gasteiger partial charge in [-0.25, -0.2) is 4.79 Å². The molecule has 104 valence electrons. The van der Waals surface area contributed by atoms with E-state index in [2.05, 4.69) is 11.4 Å². The molecule has 1 saturated heterocycles. The average Bonchev–Trinajstić information content (AvgIpc) is 2.92. The smallest absolute Gasteiger partial charge is 0.314 e. The third-order valence-electron chi connectivity index (χ3n) is 3.35. The lowest BCUT2D eigenvalue weighted by molar-refractivity contribution is -0.126. The molecule has 1 aliphatic rings. The van der Waals surface area contributed by atoms with Crippen LogP contribution in [0.1, 0.15) is 17.7 Å². The minimum Gasteiger partial charge on any atom is -0.355 e. The Morgan fingerprint density at radius 1 is 1.53 bits per heavy atom. The number of hydrogen-bond acceptors (Lipinski definition) is 3. The molecule has 0 unspecified atom stereocenters. The Bertz CT molecular complexity index is 433. The summed E-state index contributed by atoms with van der Waals surface area (Å²) < 4.78 is 0. The van der Waals surface area contributed by atoms with Gasteiger partial charge in [-0.1, -0.05) is 6.07 Å². The molecule has 0 aromatic carbocycles. The van der Waals surface area contributed by atoms with Crippen LogP contribution in [0.5, 0.6) is 0 Å². The van der Waals surface area contributed by atoms with E-state index in [0.717, 1.165) is 19.3 Å². The molecule has 2 heterocycles. The first-order valence-electron chi connectivity index (χ1n) is 6.51. The fourth-order valence-corrected chi connectivity index (χ4v) is 3.01. The van der Waals surface area contributed by atoms with E-state index in [0.29, 0.717) is 19.6 Å². The van der Waals surface area contributed by atoms with Crippen molar-refractivity contribution in [3.63, 3.8) is 0 Å². The summed E-state index contributed by atoms with van der Waals surface area (Å²) in [6.45, 7) is 1.75. The molecule has 1 aromatic rings. The van der Waals surface area contributed by atoms with Gasteiger partial charge >= 0.3 is 6.03 Å². The number of rotatable bonds is 4. The molecular weight excluding hydrogens is 262 g/mol. The lowest BCUT2D eigenvalue weighted by atomic mass is 9.97. The molecular formula is C13H19N3O2S. The Morgan fingerprint density at radius 3 is 3.05 bits per heavy atom. The number of carbonyl (C=O) groups is 2. The number of primary amides is 1. The van der Waals surface area contributed by atoms with E-state index in [1.54, 1.807) is 16.2 Å². The monoisotopic (exact) mass is 281 g/mol. The predicted molar refractivity (Wildman–Crippen MR) is 74.9 cm³/mol. The van der Waals surface area contributed by atoms with Gasteiger partial charge in [-0.3, -0.25) is 4.79 Å². The van der Waals surface area contributed by atoms with E-state index in [-0.39, 0.29) is 11.8 Å². The highest BCUT2D eigenvalue weighted by molar-refractivity contribution is 7.09. The molecule has 1 aliphatic heterocycles. The molecule has 0 radical (unpaired) electrons. The molecule has 1 atom stereocenters. The molecule has 3 amide bonds. The Labute approximate surface area is 116 Å². The van der Waals surface area contributed by atoms with Crippen LogP contribution in [-0.4, -0.2) is 36.5 Å². The zero-order valence-electron chi connectivity index (χ0n) is 10.8. The van der Waals surface area contributed by atoms with Crippen LogP contribution in [0.15, 0.2) is 17.5 Å². The SMILES string of the molecule is NC(=O)N1CCC[C@H](C(=O)NCCc2cccs2)C1. The highest BCUT2D eigenvalue weighted by Crippen LogP contribution is 2.16. The second kappa shape index (κ2) is 6.56. The van der Waals surface area contributed by atoms with Crippen molar-refractivity contribution in [3.05, 3.63) is 22.4 Å². The van der Waals surface area contributed by atoms with Gasteiger partial charge in [0.15, 0.2) is 0 Å². The van der Waals surface area contributed by atoms with Crippen LogP contribution in [0.2, 0.25) is 0 Å². The molecule has 0 aliphatic carbocycles. The molecule has 0 saturated carbocycles. The number of nitrogens with one attached hydrogen (secondary N) is 1. The van der Waals surface area contributed by atoms with Gasteiger partial charge in [-0.15, -0.1) is 11.3 Å². The molecule has 5 nitrogen and oxygen atoms in total. The normalized spacial score (nSPS) is 19.2. The van der Waals surface area contributed by atoms with E-state index in [1.807, 2.05) is 11.4 Å². The number of nitrogens with zero attached hydrogens (tertiary/aromatic N) is 1. The van der Waals surface area contributed by atoms with Crippen molar-refractivity contribution in [1.82, 2.24) is 10.2 Å². The van der Waals surface area contributed by atoms with Gasteiger partial charge < -0.3 is 16.0 Å². The predicted octanol–water partition coefficient (Wildman–Crippen LogP) is 1.20. The van der Waals surface area contributed by atoms with Crippen molar-refractivity contribution in [1.29, 1.82) is 0 Å². The summed E-state index contributed by atoms with van der Waals surface area (Å²) in [6.07, 6.45) is 2.52. The first-order chi connectivity index (χ1) is 9.16. The van der Waals surface area contributed by atoms with Crippen LogP contribution in [0.3, 0.4) is 0 Å². The second-order valence-corrected chi connectivity index (χ2v) is 5.78. The summed E-state index contributed by atoms with van der Waals surface area (Å²) in [7, 11) is 0. The first kappa shape index (κ1) is 13.9. The van der Waals surface area contributed by atoms with Gasteiger partial charge in [-0.05, 0) is 30.7 Å². The Kier molecular flexibility index (Phi) is 4.79. The van der Waals surface area contributed by atoms with Crippen LogP contribution in [0, 0.1) is 5.92 Å². The molecule has 0 bridgehead atoms. The van der Waals surface area contributed by atoms with Crippen molar-refractivity contribution in [3.8, 4) is 0 Å². The zero-order chi connectivity index (χ0) is 13.7. The number of thiophene rings is 1. The molecule has 0 spiro atoms. The number of amides is 3. The van der Waals surface area contributed by atoms with Gasteiger partial charge in [0.25, 0.3) is 0 Å². The number of carbonyl (C=O) groups excluding carboxylic acids is 2. The lowest BCUT2D eigenvalue weighted by Gasteiger charge is -2.30. The number of hydrogen-bond donors (Lipinski definition) is 2. The van der Waals surface area contributed by atoms with Crippen molar-refractivity contribution < 1.29 is 9.59 Å². The maximum Gasteiger partial charge on any atom is 0.314 e. The largest absolute Gasteiger partial charge is 0.355 e. The Hall–Kier alpha value is -1.56. The lowest BCUT2D eigenvalue weighted by Crippen LogP contribution is -2.47. The summed E-state index contributed by atoms with van der Waals surface area (Å²) >= 11 is 1.69. The maximum atomic E-state index is 12.0. The Balaban J connectivity index is 1.74. The van der Waals surface area contributed by atoms with Crippen LogP contribution in [0.25, 0.3) is 0 Å². The maximum absolute atomic E-state index is 12.0. The summed E-state index contributed by atoms with van der Waals surface area (Å²) in [5.74, 6) is -0.0907. The van der Waals surface area contributed by atoms with Crippen molar-refractivity contribution >= 4 is 23.3 Å². The van der Waals surface area contributed by atoms with Gasteiger partial charge in [0.1, 0.15) is 0 Å². The molecule has 3 N–H and O–H groups in total. The van der Waals surface area contributed by atoms with Crippen LogP contribution in [0.4, 0.5) is 4.79 Å². The quantitative estimate of drug-likeness (QED) is 0.870. The number of likely N-dealkylation sites (tertiary alicyclic amines) is 1. The second-order valence-electron chi connectivity index (χ2n) is 4.74. The van der Waals surface area contributed by atoms with E-state index in [4.69, 9.17) is 5.73 Å². The average molecular weight is 281 g/mol. The van der Waals surface area contributed by atoms with E-state index in [1.165, 1.54) is 4.88 Å². The summed E-state index contributed by atoms with van der Waals surface area (Å²) in [5.41, 5.74) is 5.25. The van der Waals surface area contributed by atoms with Crippen molar-refractivity contribution in [2.45, 2.75) is 19.3 Å². The van der Waals surface area contributed by atoms with Crippen molar-refractivity contribution in [2.24, 2.45) is 11.7 Å². The third-order valence-corrected chi connectivity index (χ3v) is 4.29. The molecule has 1 aromatic heterocycles. The minimum atomic E-state index is -0.434. The Morgan fingerprint density at radius 2 is 2.37 bits per heavy atom. The summed E-state index contributed by atoms with van der Waals surface area (Å²) in [5, 5.41) is 4.97. The summed E-state index contributed by atoms with van der Waals surface area (Å²) in [4.78, 5) is 25.9. The molecule has 2 rings (SSSR count). The molecule has 19 heavy (non-hydrogen) atoms. The van der Waals surface area contributed by atoms with Crippen LogP contribution >= 0.6 is 11.3 Å². The van der Waals surface area contributed by atoms with E-state index in [9.17, 15) is 9.59 Å². The topological polar surface area (TPSA) is 75.4 Å². The van der Waals surface area contributed by atoms with E-state index >= 15 is 0 Å². The number of urea groups is 1. The van der Waals surface area contributed by atoms with Gasteiger partial charge in [-0.2, -0.15) is 0 Å². The highest BCUT2D eigenvalue weighted by Gasteiger charge is 2.26. The summed E-state index contributed by atoms with van der Waals surface area (Å²) in [6, 6.07) is 3.64. The number of nitrogens with two attached hydrogens (primary N) is 1. The van der Waals surface area contributed by atoms with Gasteiger partial charge in [0, 0.05) is 24.5 Å². The fraction of sp³-hybridized carbons (Fsp3) is 0.538. The van der Waals surface area contributed by atoms with E-state index < -0.39 is 6.03 Å². The fourth-order valence-electron chi connectivity index (χ4n) is 2.30. The third kappa shape index (κ3) is 3.96. The molecule has 1 fully saturated rings. The molecule has 6 heteroatoms. The van der Waals surface area contributed by atoms with Crippen LogP contribution in [-0.2, 0) is 11.2 Å². The van der Waals surface area contributed by atoms with Gasteiger partial charge in [0.2, 0.25) is 5.91 Å². The van der Waals surface area contributed by atoms with Crippen LogP contribution < -0.4 is 11.1 Å². The highest BCUT2D eigenvalue weighted by atomic mass is 32.1. The number of piperidine rings is 1. The first-order valence-corrected chi connectivity index (χ1v) is 7.39. The zero-order valence-corrected chi connectivity index (χ0v) is 11.6.